The first-order valence-electron chi connectivity index (χ1n) is 8.41. The summed E-state index contributed by atoms with van der Waals surface area (Å²) in [7, 11) is 0. The average Bonchev–Trinajstić information content (AvgIpc) is 3.18. The van der Waals surface area contributed by atoms with E-state index in [-0.39, 0.29) is 11.3 Å². The second kappa shape index (κ2) is 7.86. The molecule has 0 unspecified atom stereocenters. The van der Waals surface area contributed by atoms with Crippen LogP contribution < -0.4 is 16.7 Å². The maximum absolute atomic E-state index is 12.0. The molecule has 29 heavy (non-hydrogen) atoms. The van der Waals surface area contributed by atoms with Crippen LogP contribution in [0.5, 0.6) is 0 Å². The van der Waals surface area contributed by atoms with Crippen molar-refractivity contribution in [2.45, 2.75) is 0 Å². The number of nitrogens with two attached hydrogens (primary N) is 1. The summed E-state index contributed by atoms with van der Waals surface area (Å²) < 4.78 is 5.08. The Morgan fingerprint density at radius 1 is 1.03 bits per heavy atom. The van der Waals surface area contributed by atoms with Crippen LogP contribution in [0, 0.1) is 0 Å². The fraction of sp³-hybridized carbons (Fsp3) is 0. The van der Waals surface area contributed by atoms with Gasteiger partial charge in [-0.3, -0.25) is 4.79 Å². The number of nitrogens with zero attached hydrogens (tertiary/aromatic N) is 2. The number of aromatic nitrogens is 2. The van der Waals surface area contributed by atoms with E-state index < -0.39 is 11.5 Å². The standard InChI is InChI=1S/C20H13ClN4O3S/c21-13-9-5-4-8-12(13)19-24-25-20(29-19)16-14(23-11-6-2-1-3-7-11)10-15(26)28-17(16)18(22)27/h1-10,23H,(H2,22,27). The molecule has 4 aromatic rings. The molecule has 9 heteroatoms. The van der Waals surface area contributed by atoms with Gasteiger partial charge in [-0.05, 0) is 18.2 Å². The lowest BCUT2D eigenvalue weighted by atomic mass is 10.1. The fourth-order valence-corrected chi connectivity index (χ4v) is 3.94. The van der Waals surface area contributed by atoms with Crippen molar-refractivity contribution in [3.63, 3.8) is 0 Å². The molecule has 0 bridgehead atoms. The Kier molecular flexibility index (Phi) is 5.11. The van der Waals surface area contributed by atoms with Crippen LogP contribution in [0.4, 0.5) is 11.4 Å². The quantitative estimate of drug-likeness (QED) is 0.493. The molecule has 0 aliphatic rings. The summed E-state index contributed by atoms with van der Waals surface area (Å²) in [6.07, 6.45) is 0. The summed E-state index contributed by atoms with van der Waals surface area (Å²) >= 11 is 7.45. The van der Waals surface area contributed by atoms with E-state index in [0.29, 0.717) is 32.0 Å². The third-order valence-electron chi connectivity index (χ3n) is 3.98. The number of carbonyl (C=O) groups excluding carboxylic acids is 1. The van der Waals surface area contributed by atoms with Crippen LogP contribution in [0.15, 0.2) is 69.9 Å². The third-order valence-corrected chi connectivity index (χ3v) is 5.28. The van der Waals surface area contributed by atoms with E-state index in [0.717, 1.165) is 0 Å². The van der Waals surface area contributed by atoms with Gasteiger partial charge in [-0.15, -0.1) is 10.2 Å². The molecule has 0 atom stereocenters. The number of benzene rings is 2. The van der Waals surface area contributed by atoms with E-state index in [1.54, 1.807) is 6.07 Å². The number of amides is 1. The molecule has 0 saturated heterocycles. The van der Waals surface area contributed by atoms with Crippen molar-refractivity contribution < 1.29 is 9.21 Å². The number of hydrogen-bond acceptors (Lipinski definition) is 7. The summed E-state index contributed by atoms with van der Waals surface area (Å²) in [6, 6.07) is 17.6. The van der Waals surface area contributed by atoms with Crippen molar-refractivity contribution in [2.75, 3.05) is 5.32 Å². The van der Waals surface area contributed by atoms with Gasteiger partial charge in [0.25, 0.3) is 5.91 Å². The van der Waals surface area contributed by atoms with Crippen LogP contribution >= 0.6 is 22.9 Å². The number of halogens is 1. The molecular formula is C20H13ClN4O3S. The van der Waals surface area contributed by atoms with Gasteiger partial charge in [0.2, 0.25) is 5.76 Å². The van der Waals surface area contributed by atoms with E-state index >= 15 is 0 Å². The van der Waals surface area contributed by atoms with Gasteiger partial charge in [0.05, 0.1) is 16.3 Å². The van der Waals surface area contributed by atoms with E-state index in [4.69, 9.17) is 21.8 Å². The minimum Gasteiger partial charge on any atom is -0.417 e. The Labute approximate surface area is 173 Å². The first kappa shape index (κ1) is 18.9. The monoisotopic (exact) mass is 424 g/mol. The molecule has 2 aromatic heterocycles. The molecule has 2 aromatic carbocycles. The smallest absolute Gasteiger partial charge is 0.338 e. The first-order chi connectivity index (χ1) is 14.0. The van der Waals surface area contributed by atoms with Gasteiger partial charge >= 0.3 is 5.63 Å². The van der Waals surface area contributed by atoms with E-state index in [1.165, 1.54) is 17.4 Å². The Morgan fingerprint density at radius 3 is 2.45 bits per heavy atom. The van der Waals surface area contributed by atoms with Gasteiger partial charge in [0, 0.05) is 17.3 Å². The second-order valence-electron chi connectivity index (χ2n) is 5.93. The average molecular weight is 425 g/mol. The van der Waals surface area contributed by atoms with Gasteiger partial charge in [-0.25, -0.2) is 4.79 Å². The van der Waals surface area contributed by atoms with Gasteiger partial charge in [0.1, 0.15) is 5.01 Å². The number of primary amides is 1. The lowest BCUT2D eigenvalue weighted by molar-refractivity contribution is 0.0970. The highest BCUT2D eigenvalue weighted by molar-refractivity contribution is 7.18. The van der Waals surface area contributed by atoms with Gasteiger partial charge in [-0.1, -0.05) is 59.3 Å². The Hall–Kier alpha value is -3.49. The molecule has 0 saturated carbocycles. The van der Waals surface area contributed by atoms with Crippen molar-refractivity contribution in [3.8, 4) is 21.1 Å². The van der Waals surface area contributed by atoms with Crippen LogP contribution in [0.25, 0.3) is 21.1 Å². The largest absolute Gasteiger partial charge is 0.417 e. The van der Waals surface area contributed by atoms with Crippen molar-refractivity contribution in [1.29, 1.82) is 0 Å². The van der Waals surface area contributed by atoms with Crippen LogP contribution in [0.2, 0.25) is 5.02 Å². The molecule has 4 rings (SSSR count). The molecule has 144 valence electrons. The predicted molar refractivity (Wildman–Crippen MR) is 113 cm³/mol. The molecule has 0 fully saturated rings. The summed E-state index contributed by atoms with van der Waals surface area (Å²) in [5.41, 5.74) is 6.76. The molecule has 0 radical (unpaired) electrons. The van der Waals surface area contributed by atoms with Crippen LogP contribution in [0.1, 0.15) is 10.6 Å². The zero-order valence-electron chi connectivity index (χ0n) is 14.8. The van der Waals surface area contributed by atoms with Crippen molar-refractivity contribution in [2.24, 2.45) is 5.73 Å². The van der Waals surface area contributed by atoms with Crippen molar-refractivity contribution in [3.05, 3.63) is 81.9 Å². The number of anilines is 2. The second-order valence-corrected chi connectivity index (χ2v) is 7.32. The van der Waals surface area contributed by atoms with E-state index in [9.17, 15) is 9.59 Å². The molecule has 0 spiro atoms. The molecule has 0 aliphatic heterocycles. The Morgan fingerprint density at radius 2 is 1.72 bits per heavy atom. The van der Waals surface area contributed by atoms with E-state index in [2.05, 4.69) is 15.5 Å². The molecule has 3 N–H and O–H groups in total. The number of carbonyl (C=O) groups is 1. The Balaban J connectivity index is 1.87. The maximum atomic E-state index is 12.0. The van der Waals surface area contributed by atoms with Gasteiger partial charge in [-0.2, -0.15) is 0 Å². The van der Waals surface area contributed by atoms with Crippen molar-refractivity contribution in [1.82, 2.24) is 10.2 Å². The van der Waals surface area contributed by atoms with Crippen LogP contribution in [0.3, 0.4) is 0 Å². The SMILES string of the molecule is NC(=O)c1oc(=O)cc(Nc2ccccc2)c1-c1nnc(-c2ccccc2Cl)s1. The zero-order valence-corrected chi connectivity index (χ0v) is 16.3. The minimum atomic E-state index is -0.886. The summed E-state index contributed by atoms with van der Waals surface area (Å²) in [5.74, 6) is -1.18. The number of para-hydroxylation sites is 1. The number of hydrogen-bond donors (Lipinski definition) is 2. The van der Waals surface area contributed by atoms with Gasteiger partial charge in [0.15, 0.2) is 5.01 Å². The van der Waals surface area contributed by atoms with Crippen molar-refractivity contribution >= 4 is 40.2 Å². The molecular weight excluding hydrogens is 412 g/mol. The van der Waals surface area contributed by atoms with Crippen LogP contribution in [-0.2, 0) is 0 Å². The predicted octanol–water partition coefficient (Wildman–Crippen LogP) is 4.32. The molecule has 7 nitrogen and oxygen atoms in total. The molecule has 0 aliphatic carbocycles. The summed E-state index contributed by atoms with van der Waals surface area (Å²) in [4.78, 5) is 24.0. The highest BCUT2D eigenvalue weighted by atomic mass is 35.5. The summed E-state index contributed by atoms with van der Waals surface area (Å²) in [5, 5.41) is 12.9. The molecule has 2 heterocycles. The first-order valence-corrected chi connectivity index (χ1v) is 9.61. The van der Waals surface area contributed by atoms with Gasteiger partial charge < -0.3 is 15.5 Å². The highest BCUT2D eigenvalue weighted by Gasteiger charge is 2.23. The highest BCUT2D eigenvalue weighted by Crippen LogP contribution is 2.38. The van der Waals surface area contributed by atoms with Crippen LogP contribution in [-0.4, -0.2) is 16.1 Å². The third kappa shape index (κ3) is 3.89. The minimum absolute atomic E-state index is 0.261. The molecule has 1 amide bonds. The topological polar surface area (TPSA) is 111 Å². The fourth-order valence-electron chi connectivity index (χ4n) is 2.72. The van der Waals surface area contributed by atoms with E-state index in [1.807, 2.05) is 48.5 Å². The lowest BCUT2D eigenvalue weighted by Gasteiger charge is -2.11. The normalized spacial score (nSPS) is 10.7. The summed E-state index contributed by atoms with van der Waals surface area (Å²) in [6.45, 7) is 0. The Bertz CT molecular complexity index is 1250. The number of nitrogens with one attached hydrogen (secondary N) is 1. The lowest BCUT2D eigenvalue weighted by Crippen LogP contribution is -2.17. The zero-order chi connectivity index (χ0) is 20.4. The number of rotatable bonds is 5. The maximum Gasteiger partial charge on any atom is 0.338 e.